The SMILES string of the molecule is Cn1cc2c(nc1=O)sc1cn(C)c(=O)nc12. The minimum Gasteiger partial charge on any atom is -0.301 e. The standard InChI is InChI=1S/C10H8N4O2S/c1-13-3-5-7-6(4-14(2)9(15)11-7)17-8(5)12-10(13)16/h3-4H,1-2H3. The van der Waals surface area contributed by atoms with Gasteiger partial charge in [0.1, 0.15) is 4.83 Å². The molecule has 0 atom stereocenters. The molecule has 0 saturated carbocycles. The fourth-order valence-electron chi connectivity index (χ4n) is 1.66. The fraction of sp³-hybridized carbons (Fsp3) is 0.200. The Morgan fingerprint density at radius 3 is 2.47 bits per heavy atom. The zero-order chi connectivity index (χ0) is 12.2. The molecule has 0 aliphatic heterocycles. The van der Waals surface area contributed by atoms with E-state index in [1.807, 2.05) is 0 Å². The van der Waals surface area contributed by atoms with Crippen molar-refractivity contribution in [2.75, 3.05) is 0 Å². The number of thiophene rings is 1. The van der Waals surface area contributed by atoms with E-state index in [0.717, 1.165) is 10.1 Å². The van der Waals surface area contributed by atoms with Crippen LogP contribution in [0.2, 0.25) is 0 Å². The fourth-order valence-corrected chi connectivity index (χ4v) is 2.72. The monoisotopic (exact) mass is 248 g/mol. The third-order valence-electron chi connectivity index (χ3n) is 2.57. The van der Waals surface area contributed by atoms with Crippen molar-refractivity contribution < 1.29 is 0 Å². The molecule has 0 aromatic carbocycles. The zero-order valence-electron chi connectivity index (χ0n) is 9.17. The van der Waals surface area contributed by atoms with Crippen LogP contribution in [0.5, 0.6) is 0 Å². The Hall–Kier alpha value is -2.02. The quantitative estimate of drug-likeness (QED) is 0.571. The average Bonchev–Trinajstić information content (AvgIpc) is 2.58. The first-order valence-corrected chi connectivity index (χ1v) is 5.71. The van der Waals surface area contributed by atoms with Gasteiger partial charge in [-0.05, 0) is 0 Å². The second kappa shape index (κ2) is 3.24. The van der Waals surface area contributed by atoms with Gasteiger partial charge in [-0.25, -0.2) is 9.59 Å². The number of rotatable bonds is 0. The van der Waals surface area contributed by atoms with Crippen LogP contribution in [0.3, 0.4) is 0 Å². The van der Waals surface area contributed by atoms with Crippen molar-refractivity contribution >= 4 is 31.8 Å². The van der Waals surface area contributed by atoms with Crippen LogP contribution < -0.4 is 11.4 Å². The summed E-state index contributed by atoms with van der Waals surface area (Å²) in [5, 5.41) is 0.741. The summed E-state index contributed by atoms with van der Waals surface area (Å²) < 4.78 is 3.64. The summed E-state index contributed by atoms with van der Waals surface area (Å²) >= 11 is 1.36. The van der Waals surface area contributed by atoms with Gasteiger partial charge in [-0.1, -0.05) is 0 Å². The predicted molar refractivity (Wildman–Crippen MR) is 65.4 cm³/mol. The number of aryl methyl sites for hydroxylation is 2. The Morgan fingerprint density at radius 2 is 1.71 bits per heavy atom. The minimum absolute atomic E-state index is 0.309. The van der Waals surface area contributed by atoms with E-state index in [-0.39, 0.29) is 11.4 Å². The van der Waals surface area contributed by atoms with Crippen LogP contribution >= 0.6 is 11.3 Å². The third-order valence-corrected chi connectivity index (χ3v) is 3.59. The van der Waals surface area contributed by atoms with Gasteiger partial charge in [-0.2, -0.15) is 9.97 Å². The molecule has 3 aromatic heterocycles. The van der Waals surface area contributed by atoms with E-state index in [0.29, 0.717) is 10.3 Å². The average molecular weight is 248 g/mol. The van der Waals surface area contributed by atoms with Gasteiger partial charge in [0, 0.05) is 26.5 Å². The normalized spacial score (nSPS) is 11.4. The molecule has 0 aliphatic carbocycles. The molecule has 3 rings (SSSR count). The number of nitrogens with zero attached hydrogens (tertiary/aromatic N) is 4. The predicted octanol–water partition coefficient (Wildman–Crippen LogP) is 0.242. The van der Waals surface area contributed by atoms with Crippen molar-refractivity contribution in [1.29, 1.82) is 0 Å². The van der Waals surface area contributed by atoms with Crippen LogP contribution in [0.15, 0.2) is 22.0 Å². The highest BCUT2D eigenvalue weighted by molar-refractivity contribution is 7.25. The van der Waals surface area contributed by atoms with E-state index in [9.17, 15) is 9.59 Å². The zero-order valence-corrected chi connectivity index (χ0v) is 9.98. The molecule has 7 heteroatoms. The van der Waals surface area contributed by atoms with Gasteiger partial charge in [0.05, 0.1) is 15.6 Å². The molecular weight excluding hydrogens is 240 g/mol. The molecule has 0 unspecified atom stereocenters. The topological polar surface area (TPSA) is 69.8 Å². The van der Waals surface area contributed by atoms with Crippen LogP contribution in [-0.2, 0) is 14.1 Å². The summed E-state index contributed by atoms with van der Waals surface area (Å²) in [4.78, 5) is 31.5. The molecule has 86 valence electrons. The Balaban J connectivity index is 2.60. The summed E-state index contributed by atoms with van der Waals surface area (Å²) in [6, 6.07) is 0. The first-order valence-electron chi connectivity index (χ1n) is 4.90. The lowest BCUT2D eigenvalue weighted by Crippen LogP contribution is -2.19. The molecule has 0 radical (unpaired) electrons. The van der Waals surface area contributed by atoms with Gasteiger partial charge in [0.25, 0.3) is 0 Å². The Bertz CT molecular complexity index is 858. The molecule has 0 amide bonds. The summed E-state index contributed by atoms with van der Waals surface area (Å²) in [7, 11) is 3.27. The molecule has 3 heterocycles. The van der Waals surface area contributed by atoms with E-state index in [1.165, 1.54) is 20.5 Å². The Morgan fingerprint density at radius 1 is 1.06 bits per heavy atom. The third kappa shape index (κ3) is 1.39. The molecule has 3 aromatic rings. The maximum Gasteiger partial charge on any atom is 0.348 e. The highest BCUT2D eigenvalue weighted by Gasteiger charge is 2.10. The van der Waals surface area contributed by atoms with Crippen LogP contribution in [0.1, 0.15) is 0 Å². The van der Waals surface area contributed by atoms with Crippen LogP contribution in [-0.4, -0.2) is 19.1 Å². The molecule has 0 spiro atoms. The molecule has 0 N–H and O–H groups in total. The van der Waals surface area contributed by atoms with Crippen LogP contribution in [0.4, 0.5) is 0 Å². The summed E-state index contributed by atoms with van der Waals surface area (Å²) in [5.74, 6) is 0. The van der Waals surface area contributed by atoms with Gasteiger partial charge in [-0.15, -0.1) is 11.3 Å². The second-order valence-electron chi connectivity index (χ2n) is 3.80. The molecule has 0 bridgehead atoms. The molecule has 0 aliphatic rings. The number of aromatic nitrogens is 4. The van der Waals surface area contributed by atoms with Crippen molar-refractivity contribution in [3.8, 4) is 0 Å². The van der Waals surface area contributed by atoms with Crippen molar-refractivity contribution in [2.45, 2.75) is 0 Å². The molecule has 0 saturated heterocycles. The molecule has 0 fully saturated rings. The number of hydrogen-bond acceptors (Lipinski definition) is 5. The van der Waals surface area contributed by atoms with Gasteiger partial charge in [-0.3, -0.25) is 0 Å². The van der Waals surface area contributed by atoms with E-state index >= 15 is 0 Å². The summed E-state index contributed by atoms with van der Waals surface area (Å²) in [5.41, 5.74) is -0.0157. The second-order valence-corrected chi connectivity index (χ2v) is 4.83. The smallest absolute Gasteiger partial charge is 0.301 e. The Kier molecular flexibility index (Phi) is 1.93. The molecular formula is C10H8N4O2S. The first-order chi connectivity index (χ1) is 8.06. The highest BCUT2D eigenvalue weighted by atomic mass is 32.1. The van der Waals surface area contributed by atoms with E-state index in [4.69, 9.17) is 0 Å². The van der Waals surface area contributed by atoms with Crippen molar-refractivity contribution in [1.82, 2.24) is 19.1 Å². The van der Waals surface area contributed by atoms with Gasteiger partial charge in [0.15, 0.2) is 0 Å². The molecule has 17 heavy (non-hydrogen) atoms. The lowest BCUT2D eigenvalue weighted by Gasteiger charge is -1.96. The first kappa shape index (κ1) is 10.2. The minimum atomic E-state index is -0.314. The molecule has 6 nitrogen and oxygen atoms in total. The number of hydrogen-bond donors (Lipinski definition) is 0. The van der Waals surface area contributed by atoms with E-state index in [2.05, 4.69) is 9.97 Å². The Labute approximate surface area is 98.8 Å². The van der Waals surface area contributed by atoms with Gasteiger partial charge in [0.2, 0.25) is 0 Å². The highest BCUT2D eigenvalue weighted by Crippen LogP contribution is 2.28. The largest absolute Gasteiger partial charge is 0.348 e. The van der Waals surface area contributed by atoms with Crippen molar-refractivity contribution in [2.24, 2.45) is 14.1 Å². The number of fused-ring (bicyclic) bond motifs is 3. The summed E-state index contributed by atoms with van der Waals surface area (Å²) in [6.07, 6.45) is 3.37. The maximum atomic E-state index is 11.5. The van der Waals surface area contributed by atoms with Crippen molar-refractivity contribution in [3.05, 3.63) is 33.4 Å². The summed E-state index contributed by atoms with van der Waals surface area (Å²) in [6.45, 7) is 0. The van der Waals surface area contributed by atoms with Crippen LogP contribution in [0.25, 0.3) is 20.4 Å². The van der Waals surface area contributed by atoms with Gasteiger partial charge >= 0.3 is 11.4 Å². The van der Waals surface area contributed by atoms with Gasteiger partial charge < -0.3 is 9.13 Å². The van der Waals surface area contributed by atoms with Crippen LogP contribution in [0, 0.1) is 0 Å². The maximum absolute atomic E-state index is 11.5. The van der Waals surface area contributed by atoms with E-state index < -0.39 is 0 Å². The van der Waals surface area contributed by atoms with E-state index in [1.54, 1.807) is 26.5 Å². The lowest BCUT2D eigenvalue weighted by molar-refractivity contribution is 0.824. The lowest BCUT2D eigenvalue weighted by atomic mass is 10.3. The van der Waals surface area contributed by atoms with Crippen molar-refractivity contribution in [3.63, 3.8) is 0 Å².